The van der Waals surface area contributed by atoms with E-state index >= 15 is 0 Å². The summed E-state index contributed by atoms with van der Waals surface area (Å²) >= 11 is 1.61. The van der Waals surface area contributed by atoms with E-state index in [1.165, 1.54) is 0 Å². The summed E-state index contributed by atoms with van der Waals surface area (Å²) in [5, 5.41) is 11.1. The number of rotatable bonds is 7. The van der Waals surface area contributed by atoms with Gasteiger partial charge in [-0.2, -0.15) is 0 Å². The molecule has 1 atom stereocenters. The molecule has 3 aromatic rings. The van der Waals surface area contributed by atoms with Crippen molar-refractivity contribution < 1.29 is 19.4 Å². The summed E-state index contributed by atoms with van der Waals surface area (Å²) in [6.45, 7) is 5.03. The minimum absolute atomic E-state index is 0. The molecule has 0 spiro atoms. The van der Waals surface area contributed by atoms with Crippen LogP contribution in [-0.4, -0.2) is 70.4 Å². The second-order valence-corrected chi connectivity index (χ2v) is 10.0. The zero-order valence-electron chi connectivity index (χ0n) is 20.6. The Hall–Kier alpha value is -2.95. The van der Waals surface area contributed by atoms with Gasteiger partial charge in [-0.25, -0.2) is 14.8 Å². The van der Waals surface area contributed by atoms with Crippen LogP contribution in [0.25, 0.3) is 21.3 Å². The van der Waals surface area contributed by atoms with Crippen molar-refractivity contribution in [2.24, 2.45) is 5.73 Å². The Balaban J connectivity index is 0.00000361. The van der Waals surface area contributed by atoms with Gasteiger partial charge in [-0.1, -0.05) is 24.3 Å². The molecule has 4 rings (SSSR count). The number of amides is 1. The molecule has 0 unspecified atom stereocenters. The maximum Gasteiger partial charge on any atom is 0.410 e. The van der Waals surface area contributed by atoms with E-state index in [1.54, 1.807) is 22.6 Å². The molecule has 11 heteroatoms. The van der Waals surface area contributed by atoms with Crippen molar-refractivity contribution in [3.8, 4) is 11.1 Å². The molecule has 194 valence electrons. The number of thiophene rings is 1. The van der Waals surface area contributed by atoms with Gasteiger partial charge >= 0.3 is 12.1 Å². The van der Waals surface area contributed by atoms with E-state index in [2.05, 4.69) is 27.3 Å². The van der Waals surface area contributed by atoms with Crippen molar-refractivity contribution in [2.45, 2.75) is 51.3 Å². The fourth-order valence-corrected chi connectivity index (χ4v) is 5.40. The van der Waals surface area contributed by atoms with Gasteiger partial charge in [-0.15, -0.1) is 23.7 Å². The summed E-state index contributed by atoms with van der Waals surface area (Å²) < 4.78 is 6.35. The molecule has 1 aromatic carbocycles. The lowest BCUT2D eigenvalue weighted by Crippen LogP contribution is -2.46. The number of anilines is 1. The second-order valence-electron chi connectivity index (χ2n) is 9.13. The van der Waals surface area contributed by atoms with Gasteiger partial charge < -0.3 is 25.4 Å². The van der Waals surface area contributed by atoms with Crippen molar-refractivity contribution in [1.82, 2.24) is 14.9 Å². The van der Waals surface area contributed by atoms with Crippen LogP contribution in [0.2, 0.25) is 0 Å². The van der Waals surface area contributed by atoms with E-state index < -0.39 is 12.0 Å². The summed E-state index contributed by atoms with van der Waals surface area (Å²) in [7, 11) is 2.05. The number of nitrogens with two attached hydrogens (primary N) is 1. The number of carbonyl (C=O) groups excluding carboxylic acids is 1. The van der Waals surface area contributed by atoms with Crippen LogP contribution in [-0.2, 0) is 16.0 Å². The monoisotopic (exact) mass is 533 g/mol. The van der Waals surface area contributed by atoms with Gasteiger partial charge in [0.1, 0.15) is 18.2 Å². The summed E-state index contributed by atoms with van der Waals surface area (Å²) in [4.78, 5) is 36.4. The van der Waals surface area contributed by atoms with Crippen molar-refractivity contribution in [1.29, 1.82) is 0 Å². The van der Waals surface area contributed by atoms with E-state index in [-0.39, 0.29) is 37.1 Å². The highest BCUT2D eigenvalue weighted by Crippen LogP contribution is 2.37. The molecule has 3 heterocycles. The topological polar surface area (TPSA) is 122 Å². The SMILES string of the molecule is CC(C)OC(=O)N1CCC(N(C)c2ncnc3c(-c4ccc(C[C@H](N)C(=O)O)cc4)csc23)CC1.Cl. The van der Waals surface area contributed by atoms with Gasteiger partial charge in [-0.3, -0.25) is 4.79 Å². The van der Waals surface area contributed by atoms with Gasteiger partial charge in [0.2, 0.25) is 0 Å². The summed E-state index contributed by atoms with van der Waals surface area (Å²) in [6.07, 6.45) is 3.19. The number of aromatic nitrogens is 2. The molecule has 1 amide bonds. The first kappa shape index (κ1) is 27.6. The Bertz CT molecular complexity index is 1190. The molecule has 3 N–H and O–H groups in total. The molecule has 0 bridgehead atoms. The quantitative estimate of drug-likeness (QED) is 0.464. The van der Waals surface area contributed by atoms with Crippen molar-refractivity contribution in [3.05, 3.63) is 41.5 Å². The highest BCUT2D eigenvalue weighted by molar-refractivity contribution is 7.18. The lowest BCUT2D eigenvalue weighted by Gasteiger charge is -2.37. The average molecular weight is 534 g/mol. The first-order valence-corrected chi connectivity index (χ1v) is 12.6. The van der Waals surface area contributed by atoms with Gasteiger partial charge in [0.05, 0.1) is 16.3 Å². The number of carboxylic acid groups (broad SMARTS) is 1. The van der Waals surface area contributed by atoms with E-state index in [0.717, 1.165) is 45.6 Å². The number of hydrogen-bond acceptors (Lipinski definition) is 8. The first-order chi connectivity index (χ1) is 16.7. The highest BCUT2D eigenvalue weighted by Gasteiger charge is 2.28. The van der Waals surface area contributed by atoms with Crippen molar-refractivity contribution in [2.75, 3.05) is 25.0 Å². The van der Waals surface area contributed by atoms with Crippen molar-refractivity contribution >= 4 is 51.8 Å². The lowest BCUT2D eigenvalue weighted by molar-refractivity contribution is -0.138. The zero-order chi connectivity index (χ0) is 25.1. The minimum Gasteiger partial charge on any atom is -0.480 e. The first-order valence-electron chi connectivity index (χ1n) is 11.7. The molecule has 2 aromatic heterocycles. The Labute approximate surface area is 220 Å². The number of halogens is 1. The van der Waals surface area contributed by atoms with Crippen LogP contribution in [0.3, 0.4) is 0 Å². The number of likely N-dealkylation sites (tertiary alicyclic amines) is 1. The van der Waals surface area contributed by atoms with Crippen LogP contribution >= 0.6 is 23.7 Å². The maximum atomic E-state index is 12.2. The Morgan fingerprint density at radius 3 is 2.50 bits per heavy atom. The van der Waals surface area contributed by atoms with E-state index in [1.807, 2.05) is 38.1 Å². The molecular weight excluding hydrogens is 502 g/mol. The Morgan fingerprint density at radius 2 is 1.89 bits per heavy atom. The van der Waals surface area contributed by atoms with Crippen LogP contribution in [0, 0.1) is 0 Å². The molecule has 0 aliphatic carbocycles. The molecule has 36 heavy (non-hydrogen) atoms. The third-order valence-electron chi connectivity index (χ3n) is 6.31. The third kappa shape index (κ3) is 6.05. The molecule has 1 fully saturated rings. The normalized spacial score (nSPS) is 15.0. The Kier molecular flexibility index (Phi) is 9.10. The average Bonchev–Trinajstić information content (AvgIpc) is 3.28. The largest absolute Gasteiger partial charge is 0.480 e. The predicted octanol–water partition coefficient (Wildman–Crippen LogP) is 4.18. The fourth-order valence-electron chi connectivity index (χ4n) is 4.34. The highest BCUT2D eigenvalue weighted by atomic mass is 35.5. The predicted molar refractivity (Wildman–Crippen MR) is 144 cm³/mol. The van der Waals surface area contributed by atoms with E-state index in [9.17, 15) is 9.59 Å². The molecule has 1 aliphatic rings. The van der Waals surface area contributed by atoms with Gasteiger partial charge in [0, 0.05) is 37.1 Å². The summed E-state index contributed by atoms with van der Waals surface area (Å²) in [6, 6.07) is 7.12. The van der Waals surface area contributed by atoms with Crippen LogP contribution in [0.5, 0.6) is 0 Å². The molecule has 9 nitrogen and oxygen atoms in total. The fraction of sp³-hybridized carbons (Fsp3) is 0.440. The third-order valence-corrected chi connectivity index (χ3v) is 7.28. The number of carboxylic acids is 1. The maximum absolute atomic E-state index is 12.2. The zero-order valence-corrected chi connectivity index (χ0v) is 22.2. The number of nitrogens with zero attached hydrogens (tertiary/aromatic N) is 4. The van der Waals surface area contributed by atoms with Gasteiger partial charge in [0.15, 0.2) is 0 Å². The van der Waals surface area contributed by atoms with Crippen LogP contribution < -0.4 is 10.6 Å². The Morgan fingerprint density at radius 1 is 1.22 bits per heavy atom. The second kappa shape index (κ2) is 11.9. The number of fused-ring (bicyclic) bond motifs is 1. The molecule has 0 saturated carbocycles. The molecule has 0 radical (unpaired) electrons. The number of hydrogen-bond donors (Lipinski definition) is 2. The van der Waals surface area contributed by atoms with Crippen LogP contribution in [0.4, 0.5) is 10.6 Å². The standard InChI is InChI=1S/C25H31N5O4S.ClH/c1-15(2)34-25(33)30-10-8-18(9-11-30)29(3)23-22-21(27-14-28-23)19(13-35-22)17-6-4-16(5-7-17)12-20(26)24(31)32;/h4-7,13-15,18,20H,8-12,26H2,1-3H3,(H,31,32);1H/t20-;/m0./s1. The lowest BCUT2D eigenvalue weighted by atomic mass is 10.0. The van der Waals surface area contributed by atoms with E-state index in [4.69, 9.17) is 15.6 Å². The number of ether oxygens (including phenoxy) is 1. The molecule has 1 saturated heterocycles. The minimum atomic E-state index is -1.01. The summed E-state index contributed by atoms with van der Waals surface area (Å²) in [5.41, 5.74) is 9.45. The number of benzene rings is 1. The van der Waals surface area contributed by atoms with Crippen LogP contribution in [0.15, 0.2) is 36.0 Å². The van der Waals surface area contributed by atoms with E-state index in [0.29, 0.717) is 13.1 Å². The molecular formula is C25H32ClN5O4S. The number of piperidine rings is 1. The number of aliphatic carboxylic acids is 1. The van der Waals surface area contributed by atoms with Crippen LogP contribution in [0.1, 0.15) is 32.3 Å². The van der Waals surface area contributed by atoms with Gasteiger partial charge in [0.25, 0.3) is 0 Å². The smallest absolute Gasteiger partial charge is 0.410 e. The molecule has 1 aliphatic heterocycles. The number of carbonyl (C=O) groups is 2. The van der Waals surface area contributed by atoms with Crippen molar-refractivity contribution in [3.63, 3.8) is 0 Å². The van der Waals surface area contributed by atoms with Gasteiger partial charge in [-0.05, 0) is 44.2 Å². The summed E-state index contributed by atoms with van der Waals surface area (Å²) in [5.74, 6) is -0.120.